The van der Waals surface area contributed by atoms with Crippen LogP contribution in [0.2, 0.25) is 0 Å². The van der Waals surface area contributed by atoms with Crippen molar-refractivity contribution in [2.75, 3.05) is 44.7 Å². The number of hydrogen-bond acceptors (Lipinski definition) is 6. The molecule has 2 aromatic carbocycles. The average Bonchev–Trinajstić information content (AvgIpc) is 2.82. The fourth-order valence-corrected chi connectivity index (χ4v) is 4.13. The number of benzene rings is 2. The van der Waals surface area contributed by atoms with E-state index in [2.05, 4.69) is 5.32 Å². The maximum Gasteiger partial charge on any atom is 0.416 e. The minimum Gasteiger partial charge on any atom is -0.497 e. The number of alkyl halides is 3. The number of nitrogens with one attached hydrogen (secondary N) is 1. The topological polar surface area (TPSA) is 88.0 Å². The predicted molar refractivity (Wildman–Crippen MR) is 125 cm³/mol. The summed E-state index contributed by atoms with van der Waals surface area (Å²) in [6.45, 7) is 5.79. The van der Waals surface area contributed by atoms with Crippen LogP contribution in [0, 0.1) is 16.0 Å². The lowest BCUT2D eigenvalue weighted by atomic mass is 9.96. The van der Waals surface area contributed by atoms with Gasteiger partial charge in [0.15, 0.2) is 0 Å². The normalized spacial score (nSPS) is 15.7. The molecule has 1 fully saturated rings. The Hall–Kier alpha value is -3.34. The Morgan fingerprint density at radius 2 is 1.74 bits per heavy atom. The van der Waals surface area contributed by atoms with Gasteiger partial charge in [-0.1, -0.05) is 26.0 Å². The zero-order valence-electron chi connectivity index (χ0n) is 19.8. The van der Waals surface area contributed by atoms with Crippen LogP contribution in [0.15, 0.2) is 42.5 Å². The van der Waals surface area contributed by atoms with E-state index < -0.39 is 22.4 Å². The van der Waals surface area contributed by atoms with Crippen molar-refractivity contribution in [3.63, 3.8) is 0 Å². The zero-order valence-corrected chi connectivity index (χ0v) is 19.8. The number of nitrogens with zero attached hydrogens (tertiary/aromatic N) is 3. The molecule has 1 aliphatic heterocycles. The molecule has 8 nitrogen and oxygen atoms in total. The standard InChI is InChI=1S/C24H29F3N4O4/c1-16(2)23(17-4-7-19(35-3)8-5-17)28-22(32)15-29-10-12-30(13-11-29)20-9-6-18(24(25,26)27)14-21(20)31(33)34/h4-9,14,16,23H,10-13,15H2,1-3H3,(H,28,32). The molecule has 11 heteroatoms. The molecule has 0 aromatic heterocycles. The highest BCUT2D eigenvalue weighted by Crippen LogP contribution is 2.36. The second-order valence-corrected chi connectivity index (χ2v) is 8.78. The quantitative estimate of drug-likeness (QED) is 0.436. The van der Waals surface area contributed by atoms with E-state index in [-0.39, 0.29) is 30.1 Å². The maximum atomic E-state index is 13.0. The minimum absolute atomic E-state index is 0.145. The minimum atomic E-state index is -4.66. The van der Waals surface area contributed by atoms with E-state index in [1.807, 2.05) is 43.0 Å². The predicted octanol–water partition coefficient (Wildman–Crippen LogP) is 4.26. The molecular formula is C24H29F3N4O4. The van der Waals surface area contributed by atoms with Crippen LogP contribution in [-0.4, -0.2) is 55.6 Å². The Labute approximate surface area is 201 Å². The summed E-state index contributed by atoms with van der Waals surface area (Å²) in [6, 6.07) is 9.91. The van der Waals surface area contributed by atoms with E-state index in [9.17, 15) is 28.1 Å². The second-order valence-electron chi connectivity index (χ2n) is 8.78. The SMILES string of the molecule is COc1ccc(C(NC(=O)CN2CCN(c3ccc(C(F)(F)F)cc3[N+](=O)[O-])CC2)C(C)C)cc1. The van der Waals surface area contributed by atoms with Gasteiger partial charge in [-0.25, -0.2) is 0 Å². The molecule has 1 heterocycles. The number of anilines is 1. The van der Waals surface area contributed by atoms with Gasteiger partial charge in [-0.15, -0.1) is 0 Å². The van der Waals surface area contributed by atoms with E-state index in [1.165, 1.54) is 0 Å². The molecule has 1 atom stereocenters. The number of amides is 1. The molecule has 35 heavy (non-hydrogen) atoms. The first-order chi connectivity index (χ1) is 16.5. The molecule has 1 unspecified atom stereocenters. The molecule has 1 N–H and O–H groups in total. The third-order valence-electron chi connectivity index (χ3n) is 6.04. The van der Waals surface area contributed by atoms with Crippen LogP contribution in [-0.2, 0) is 11.0 Å². The lowest BCUT2D eigenvalue weighted by molar-refractivity contribution is -0.384. The number of nitro benzene ring substituents is 1. The number of rotatable bonds is 8. The monoisotopic (exact) mass is 494 g/mol. The summed E-state index contributed by atoms with van der Waals surface area (Å²) < 4.78 is 44.1. The van der Waals surface area contributed by atoms with Crippen molar-refractivity contribution in [2.45, 2.75) is 26.1 Å². The Morgan fingerprint density at radius 1 is 1.11 bits per heavy atom. The molecule has 3 rings (SSSR count). The molecule has 0 saturated carbocycles. The number of halogens is 3. The van der Waals surface area contributed by atoms with Crippen molar-refractivity contribution in [1.82, 2.24) is 10.2 Å². The third kappa shape index (κ3) is 6.62. The van der Waals surface area contributed by atoms with Crippen LogP contribution in [0.5, 0.6) is 5.75 Å². The fourth-order valence-electron chi connectivity index (χ4n) is 4.13. The number of ether oxygens (including phenoxy) is 1. The molecule has 2 aromatic rings. The van der Waals surface area contributed by atoms with Gasteiger partial charge in [0.1, 0.15) is 11.4 Å². The molecule has 1 amide bonds. The van der Waals surface area contributed by atoms with Crippen molar-refractivity contribution in [1.29, 1.82) is 0 Å². The molecule has 0 spiro atoms. The number of piperazine rings is 1. The van der Waals surface area contributed by atoms with Gasteiger partial charge >= 0.3 is 6.18 Å². The summed E-state index contributed by atoms with van der Waals surface area (Å²) in [7, 11) is 1.59. The third-order valence-corrected chi connectivity index (χ3v) is 6.04. The summed E-state index contributed by atoms with van der Waals surface area (Å²) in [6.07, 6.45) is -4.66. The van der Waals surface area contributed by atoms with Gasteiger partial charge in [-0.05, 0) is 35.7 Å². The van der Waals surface area contributed by atoms with E-state index in [1.54, 1.807) is 12.0 Å². The zero-order chi connectivity index (χ0) is 25.8. The smallest absolute Gasteiger partial charge is 0.416 e. The van der Waals surface area contributed by atoms with Crippen LogP contribution in [0.25, 0.3) is 0 Å². The Morgan fingerprint density at radius 3 is 2.26 bits per heavy atom. The van der Waals surface area contributed by atoms with E-state index in [0.29, 0.717) is 32.2 Å². The maximum absolute atomic E-state index is 13.0. The number of hydrogen-bond donors (Lipinski definition) is 1. The van der Waals surface area contributed by atoms with Crippen molar-refractivity contribution in [2.24, 2.45) is 5.92 Å². The Bertz CT molecular complexity index is 1040. The molecule has 0 aliphatic carbocycles. The fraction of sp³-hybridized carbons (Fsp3) is 0.458. The van der Waals surface area contributed by atoms with Crippen LogP contribution in [0.3, 0.4) is 0 Å². The summed E-state index contributed by atoms with van der Waals surface area (Å²) >= 11 is 0. The Balaban J connectivity index is 1.60. The number of carbonyl (C=O) groups excluding carboxylic acids is 1. The lowest BCUT2D eigenvalue weighted by Gasteiger charge is -2.36. The highest BCUT2D eigenvalue weighted by Gasteiger charge is 2.34. The van der Waals surface area contributed by atoms with Crippen molar-refractivity contribution in [3.8, 4) is 5.75 Å². The van der Waals surface area contributed by atoms with Crippen LogP contribution < -0.4 is 15.0 Å². The van der Waals surface area contributed by atoms with Gasteiger partial charge in [0, 0.05) is 32.2 Å². The molecule has 190 valence electrons. The second kappa shape index (κ2) is 10.9. The van der Waals surface area contributed by atoms with Crippen LogP contribution in [0.1, 0.15) is 31.0 Å². The lowest BCUT2D eigenvalue weighted by Crippen LogP contribution is -2.50. The average molecular weight is 495 g/mol. The first-order valence-electron chi connectivity index (χ1n) is 11.3. The largest absolute Gasteiger partial charge is 0.497 e. The van der Waals surface area contributed by atoms with Crippen molar-refractivity contribution >= 4 is 17.3 Å². The summed E-state index contributed by atoms with van der Waals surface area (Å²) in [4.78, 5) is 27.0. The van der Waals surface area contributed by atoms with Crippen molar-refractivity contribution in [3.05, 3.63) is 63.7 Å². The first kappa shape index (κ1) is 26.3. The van der Waals surface area contributed by atoms with E-state index in [0.717, 1.165) is 23.4 Å². The summed E-state index contributed by atoms with van der Waals surface area (Å²) in [5, 5.41) is 14.5. The van der Waals surface area contributed by atoms with Gasteiger partial charge < -0.3 is 15.0 Å². The summed E-state index contributed by atoms with van der Waals surface area (Å²) in [5.74, 6) is 0.742. The summed E-state index contributed by atoms with van der Waals surface area (Å²) in [5.41, 5.74) is -0.523. The van der Waals surface area contributed by atoms with Gasteiger partial charge in [0.05, 0.1) is 30.2 Å². The van der Waals surface area contributed by atoms with Crippen LogP contribution in [0.4, 0.5) is 24.5 Å². The van der Waals surface area contributed by atoms with Crippen LogP contribution >= 0.6 is 0 Å². The first-order valence-corrected chi connectivity index (χ1v) is 11.3. The molecule has 0 radical (unpaired) electrons. The number of methoxy groups -OCH3 is 1. The molecular weight excluding hydrogens is 465 g/mol. The highest BCUT2D eigenvalue weighted by atomic mass is 19.4. The van der Waals surface area contributed by atoms with Gasteiger partial charge in [0.25, 0.3) is 5.69 Å². The van der Waals surface area contributed by atoms with E-state index in [4.69, 9.17) is 4.74 Å². The molecule has 1 aliphatic rings. The number of nitro groups is 1. The molecule has 0 bridgehead atoms. The van der Waals surface area contributed by atoms with Gasteiger partial charge in [0.2, 0.25) is 5.91 Å². The Kier molecular flexibility index (Phi) is 8.21. The highest BCUT2D eigenvalue weighted by molar-refractivity contribution is 5.78. The number of carbonyl (C=O) groups is 1. The van der Waals surface area contributed by atoms with Gasteiger partial charge in [-0.2, -0.15) is 13.2 Å². The molecule has 1 saturated heterocycles. The van der Waals surface area contributed by atoms with E-state index >= 15 is 0 Å². The van der Waals surface area contributed by atoms with Crippen molar-refractivity contribution < 1.29 is 27.6 Å². The van der Waals surface area contributed by atoms with Gasteiger partial charge in [-0.3, -0.25) is 19.8 Å².